The van der Waals surface area contributed by atoms with E-state index in [0.29, 0.717) is 11.8 Å². The number of hydrogen-bond donors (Lipinski definition) is 0. The van der Waals surface area contributed by atoms with Crippen molar-refractivity contribution in [1.29, 1.82) is 0 Å². The molecule has 0 unspecified atom stereocenters. The zero-order chi connectivity index (χ0) is 19.5. The molecule has 0 N–H and O–H groups in total. The van der Waals surface area contributed by atoms with Crippen LogP contribution in [0.4, 0.5) is 4.39 Å². The van der Waals surface area contributed by atoms with Crippen LogP contribution in [0.2, 0.25) is 5.02 Å². The molecule has 3 aromatic rings. The molecular formula is C21H22ClFN4O. The third-order valence-corrected chi connectivity index (χ3v) is 5.37. The summed E-state index contributed by atoms with van der Waals surface area (Å²) in [6, 6.07) is 14.1. The lowest BCUT2D eigenvalue weighted by Crippen LogP contribution is -2.46. The summed E-state index contributed by atoms with van der Waals surface area (Å²) < 4.78 is 18.9. The summed E-state index contributed by atoms with van der Waals surface area (Å²) in [6.45, 7) is 6.77. The molecule has 2 heterocycles. The van der Waals surface area contributed by atoms with Crippen molar-refractivity contribution >= 4 is 11.6 Å². The Morgan fingerprint density at radius 1 is 1.07 bits per heavy atom. The van der Waals surface area contributed by atoms with Crippen LogP contribution in [-0.4, -0.2) is 46.2 Å². The molecule has 5 nitrogen and oxygen atoms in total. The monoisotopic (exact) mass is 400 g/mol. The standard InChI is InChI=1S/C21H22ClFN4O/c1-15(20-24-25-21(28-20)17-5-7-19(23)8-6-17)27-11-9-26(10-12-27)14-16-3-2-4-18(22)13-16/h2-8,13,15H,9-12,14H2,1H3/t15-/m0/s1. The van der Waals surface area contributed by atoms with Crippen molar-refractivity contribution in [2.45, 2.75) is 19.5 Å². The Hall–Kier alpha value is -2.28. The van der Waals surface area contributed by atoms with Crippen molar-refractivity contribution in [3.8, 4) is 11.5 Å². The van der Waals surface area contributed by atoms with Gasteiger partial charge >= 0.3 is 0 Å². The van der Waals surface area contributed by atoms with Crippen LogP contribution >= 0.6 is 11.6 Å². The molecule has 2 aromatic carbocycles. The van der Waals surface area contributed by atoms with Gasteiger partial charge in [0.2, 0.25) is 11.8 Å². The zero-order valence-electron chi connectivity index (χ0n) is 15.7. The lowest BCUT2D eigenvalue weighted by atomic mass is 10.2. The molecule has 0 saturated carbocycles. The largest absolute Gasteiger partial charge is 0.419 e. The first-order valence-corrected chi connectivity index (χ1v) is 9.76. The lowest BCUT2D eigenvalue weighted by molar-refractivity contribution is 0.0876. The minimum atomic E-state index is -0.285. The Morgan fingerprint density at radius 3 is 2.54 bits per heavy atom. The highest BCUT2D eigenvalue weighted by Crippen LogP contribution is 2.25. The highest BCUT2D eigenvalue weighted by Gasteiger charge is 2.25. The Labute approximate surface area is 168 Å². The topological polar surface area (TPSA) is 45.4 Å². The third-order valence-electron chi connectivity index (χ3n) is 5.14. The number of rotatable bonds is 5. The molecule has 0 aliphatic carbocycles. The summed E-state index contributed by atoms with van der Waals surface area (Å²) in [6.07, 6.45) is 0. The minimum Gasteiger partial charge on any atom is -0.419 e. The van der Waals surface area contributed by atoms with Crippen LogP contribution in [0.3, 0.4) is 0 Å². The maximum Gasteiger partial charge on any atom is 0.247 e. The molecule has 1 saturated heterocycles. The Kier molecular flexibility index (Phi) is 5.71. The molecule has 1 aliphatic rings. The second kappa shape index (κ2) is 8.39. The molecule has 0 radical (unpaired) electrons. The fraction of sp³-hybridized carbons (Fsp3) is 0.333. The molecule has 1 aromatic heterocycles. The highest BCUT2D eigenvalue weighted by atomic mass is 35.5. The fourth-order valence-corrected chi connectivity index (χ4v) is 3.68. The summed E-state index contributed by atoms with van der Waals surface area (Å²) in [7, 11) is 0. The van der Waals surface area contributed by atoms with Crippen LogP contribution in [0.1, 0.15) is 24.4 Å². The van der Waals surface area contributed by atoms with Crippen molar-refractivity contribution in [3.63, 3.8) is 0 Å². The molecular weight excluding hydrogens is 379 g/mol. The smallest absolute Gasteiger partial charge is 0.247 e. The highest BCUT2D eigenvalue weighted by molar-refractivity contribution is 6.30. The molecule has 0 spiro atoms. The zero-order valence-corrected chi connectivity index (χ0v) is 16.4. The van der Waals surface area contributed by atoms with Gasteiger partial charge < -0.3 is 4.42 Å². The van der Waals surface area contributed by atoms with Crippen LogP contribution in [0, 0.1) is 5.82 Å². The lowest BCUT2D eigenvalue weighted by Gasteiger charge is -2.36. The second-order valence-electron chi connectivity index (χ2n) is 7.07. The average molecular weight is 401 g/mol. The third kappa shape index (κ3) is 4.41. The molecule has 146 valence electrons. The van der Waals surface area contributed by atoms with E-state index >= 15 is 0 Å². The Balaban J connectivity index is 1.35. The quantitative estimate of drug-likeness (QED) is 0.634. The number of benzene rings is 2. The van der Waals surface area contributed by atoms with Crippen molar-refractivity contribution in [2.75, 3.05) is 26.2 Å². The van der Waals surface area contributed by atoms with E-state index in [-0.39, 0.29) is 11.9 Å². The van der Waals surface area contributed by atoms with Crippen molar-refractivity contribution < 1.29 is 8.81 Å². The summed E-state index contributed by atoms with van der Waals surface area (Å²) >= 11 is 6.08. The van der Waals surface area contributed by atoms with E-state index in [1.807, 2.05) is 18.2 Å². The van der Waals surface area contributed by atoms with Crippen molar-refractivity contribution in [3.05, 3.63) is 70.8 Å². The molecule has 1 fully saturated rings. The normalized spacial score (nSPS) is 17.0. The van der Waals surface area contributed by atoms with E-state index < -0.39 is 0 Å². The molecule has 1 aliphatic heterocycles. The van der Waals surface area contributed by atoms with E-state index in [0.717, 1.165) is 43.3 Å². The number of hydrogen-bond acceptors (Lipinski definition) is 5. The maximum absolute atomic E-state index is 13.1. The fourth-order valence-electron chi connectivity index (χ4n) is 3.47. The minimum absolute atomic E-state index is 0.0371. The van der Waals surface area contributed by atoms with Gasteiger partial charge in [0.25, 0.3) is 0 Å². The number of halogens is 2. The first-order chi connectivity index (χ1) is 13.6. The summed E-state index contributed by atoms with van der Waals surface area (Å²) in [5.41, 5.74) is 1.95. The Morgan fingerprint density at radius 2 is 1.82 bits per heavy atom. The average Bonchev–Trinajstić information content (AvgIpc) is 3.19. The van der Waals surface area contributed by atoms with Gasteiger partial charge in [0, 0.05) is 43.3 Å². The van der Waals surface area contributed by atoms with E-state index in [1.54, 1.807) is 12.1 Å². The van der Waals surface area contributed by atoms with Gasteiger partial charge in [0.15, 0.2) is 0 Å². The predicted octanol–water partition coefficient (Wildman–Crippen LogP) is 4.41. The molecule has 1 atom stereocenters. The molecule has 0 bridgehead atoms. The Bertz CT molecular complexity index is 922. The van der Waals surface area contributed by atoms with Gasteiger partial charge in [-0.05, 0) is 48.9 Å². The van der Waals surface area contributed by atoms with Crippen LogP contribution in [0.25, 0.3) is 11.5 Å². The van der Waals surface area contributed by atoms with E-state index in [9.17, 15) is 4.39 Å². The second-order valence-corrected chi connectivity index (χ2v) is 7.51. The van der Waals surface area contributed by atoms with E-state index in [2.05, 4.69) is 33.0 Å². The van der Waals surface area contributed by atoms with Gasteiger partial charge in [-0.1, -0.05) is 23.7 Å². The number of piperazine rings is 1. The van der Waals surface area contributed by atoms with Gasteiger partial charge in [0.1, 0.15) is 5.82 Å². The van der Waals surface area contributed by atoms with Crippen LogP contribution < -0.4 is 0 Å². The molecule has 28 heavy (non-hydrogen) atoms. The van der Waals surface area contributed by atoms with Gasteiger partial charge in [-0.2, -0.15) is 0 Å². The van der Waals surface area contributed by atoms with Crippen molar-refractivity contribution in [2.24, 2.45) is 0 Å². The molecule has 4 rings (SSSR count). The number of aromatic nitrogens is 2. The summed E-state index contributed by atoms with van der Waals surface area (Å²) in [5, 5.41) is 9.10. The van der Waals surface area contributed by atoms with Gasteiger partial charge in [-0.3, -0.25) is 9.80 Å². The van der Waals surface area contributed by atoms with Crippen molar-refractivity contribution in [1.82, 2.24) is 20.0 Å². The van der Waals surface area contributed by atoms with Gasteiger partial charge in [-0.15, -0.1) is 10.2 Å². The van der Waals surface area contributed by atoms with E-state index in [1.165, 1.54) is 17.7 Å². The van der Waals surface area contributed by atoms with Gasteiger partial charge in [0.05, 0.1) is 6.04 Å². The summed E-state index contributed by atoms with van der Waals surface area (Å²) in [5.74, 6) is 0.719. The first-order valence-electron chi connectivity index (χ1n) is 9.39. The van der Waals surface area contributed by atoms with Crippen LogP contribution in [-0.2, 0) is 6.54 Å². The number of nitrogens with zero attached hydrogens (tertiary/aromatic N) is 4. The predicted molar refractivity (Wildman–Crippen MR) is 106 cm³/mol. The SMILES string of the molecule is C[C@@H](c1nnc(-c2ccc(F)cc2)o1)N1CCN(Cc2cccc(Cl)c2)CC1. The molecule has 0 amide bonds. The van der Waals surface area contributed by atoms with E-state index in [4.69, 9.17) is 16.0 Å². The maximum atomic E-state index is 13.1. The first kappa shape index (κ1) is 19.1. The molecule has 7 heteroatoms. The van der Waals surface area contributed by atoms with Gasteiger partial charge in [-0.25, -0.2) is 4.39 Å². The summed E-state index contributed by atoms with van der Waals surface area (Å²) in [4.78, 5) is 4.77. The van der Waals surface area contributed by atoms with Crippen LogP contribution in [0.15, 0.2) is 52.9 Å². The van der Waals surface area contributed by atoms with Crippen LogP contribution in [0.5, 0.6) is 0 Å².